The molecule has 0 atom stereocenters. The number of thiocarbonyl (C=S) groups is 1. The molecule has 124 valence electrons. The molecule has 1 heterocycles. The largest absolute Gasteiger partial charge is 0.493 e. The lowest BCUT2D eigenvalue weighted by Gasteiger charge is -2.10. The second kappa shape index (κ2) is 6.90. The van der Waals surface area contributed by atoms with Crippen LogP contribution >= 0.6 is 24.0 Å². The first-order chi connectivity index (χ1) is 10.7. The predicted molar refractivity (Wildman–Crippen MR) is 94.0 cm³/mol. The molecular formula is C14H15NO5S3. The first-order valence-electron chi connectivity index (χ1n) is 6.58. The molecule has 6 nitrogen and oxygen atoms in total. The molecule has 1 aliphatic heterocycles. The van der Waals surface area contributed by atoms with Crippen LogP contribution in [-0.4, -0.2) is 43.5 Å². The average Bonchev–Trinajstić information content (AvgIpc) is 2.73. The van der Waals surface area contributed by atoms with E-state index in [1.54, 1.807) is 18.2 Å². The molecule has 0 bridgehead atoms. The summed E-state index contributed by atoms with van der Waals surface area (Å²) in [6.45, 7) is 2.38. The van der Waals surface area contributed by atoms with E-state index in [1.165, 1.54) is 29.8 Å². The molecule has 0 N–H and O–H groups in total. The molecule has 1 fully saturated rings. The summed E-state index contributed by atoms with van der Waals surface area (Å²) >= 11 is 6.38. The van der Waals surface area contributed by atoms with Crippen LogP contribution in [0.25, 0.3) is 6.08 Å². The Morgan fingerprint density at radius 1 is 1.35 bits per heavy atom. The number of benzene rings is 1. The summed E-state index contributed by atoms with van der Waals surface area (Å²) in [5.74, 6) is 0.210. The van der Waals surface area contributed by atoms with Crippen molar-refractivity contribution in [2.75, 3.05) is 19.9 Å². The predicted octanol–water partition coefficient (Wildman–Crippen LogP) is 2.25. The topological polar surface area (TPSA) is 72.9 Å². The number of carbonyl (C=O) groups is 1. The van der Waals surface area contributed by atoms with Gasteiger partial charge in [0.25, 0.3) is 5.91 Å². The highest BCUT2D eigenvalue weighted by molar-refractivity contribution is 8.26. The van der Waals surface area contributed by atoms with Crippen LogP contribution in [0.2, 0.25) is 0 Å². The summed E-state index contributed by atoms with van der Waals surface area (Å²) in [5, 5.41) is 0. The van der Waals surface area contributed by atoms with Gasteiger partial charge < -0.3 is 8.92 Å². The van der Waals surface area contributed by atoms with E-state index in [2.05, 4.69) is 0 Å². The van der Waals surface area contributed by atoms with Gasteiger partial charge in [0, 0.05) is 6.54 Å². The Morgan fingerprint density at radius 2 is 2.04 bits per heavy atom. The van der Waals surface area contributed by atoms with E-state index in [0.717, 1.165) is 6.26 Å². The van der Waals surface area contributed by atoms with Crippen molar-refractivity contribution in [1.82, 2.24) is 4.90 Å². The molecule has 23 heavy (non-hydrogen) atoms. The van der Waals surface area contributed by atoms with E-state index in [9.17, 15) is 13.2 Å². The van der Waals surface area contributed by atoms with Gasteiger partial charge in [0.15, 0.2) is 11.5 Å². The summed E-state index contributed by atoms with van der Waals surface area (Å²) in [4.78, 5) is 14.2. The van der Waals surface area contributed by atoms with Crippen molar-refractivity contribution in [3.8, 4) is 11.5 Å². The molecular weight excluding hydrogens is 358 g/mol. The zero-order chi connectivity index (χ0) is 17.2. The van der Waals surface area contributed by atoms with Gasteiger partial charge in [-0.2, -0.15) is 8.42 Å². The molecule has 1 saturated heterocycles. The summed E-state index contributed by atoms with van der Waals surface area (Å²) in [6, 6.07) is 4.72. The standard InChI is InChI=1S/C14H15NO5S3/c1-4-15-13(16)12(22-14(15)21)8-9-5-6-10(11(7-9)19-2)20-23(3,17)18/h5-8H,4H2,1-3H3/b12-8-. The number of rotatable bonds is 5. The van der Waals surface area contributed by atoms with Crippen LogP contribution in [-0.2, 0) is 14.9 Å². The van der Waals surface area contributed by atoms with Crippen LogP contribution < -0.4 is 8.92 Å². The first kappa shape index (κ1) is 17.8. The molecule has 2 rings (SSSR count). The molecule has 9 heteroatoms. The summed E-state index contributed by atoms with van der Waals surface area (Å²) < 4.78 is 33.0. The second-order valence-corrected chi connectivity index (χ2v) is 7.87. The molecule has 0 aliphatic carbocycles. The van der Waals surface area contributed by atoms with E-state index in [1.807, 2.05) is 6.92 Å². The van der Waals surface area contributed by atoms with Crippen LogP contribution in [0, 0.1) is 0 Å². The lowest BCUT2D eigenvalue weighted by atomic mass is 10.2. The van der Waals surface area contributed by atoms with Crippen molar-refractivity contribution in [3.05, 3.63) is 28.7 Å². The van der Waals surface area contributed by atoms with Gasteiger partial charge in [0.1, 0.15) is 4.32 Å². The lowest BCUT2D eigenvalue weighted by molar-refractivity contribution is -0.121. The van der Waals surface area contributed by atoms with E-state index in [4.69, 9.17) is 21.1 Å². The third-order valence-corrected chi connectivity index (χ3v) is 4.78. The van der Waals surface area contributed by atoms with Crippen LogP contribution in [0.4, 0.5) is 0 Å². The van der Waals surface area contributed by atoms with Gasteiger partial charge in [-0.15, -0.1) is 0 Å². The minimum Gasteiger partial charge on any atom is -0.493 e. The lowest BCUT2D eigenvalue weighted by Crippen LogP contribution is -2.27. The fourth-order valence-electron chi connectivity index (χ4n) is 1.93. The third-order valence-electron chi connectivity index (χ3n) is 2.92. The monoisotopic (exact) mass is 373 g/mol. The molecule has 1 aromatic carbocycles. The van der Waals surface area contributed by atoms with Crippen LogP contribution in [0.5, 0.6) is 11.5 Å². The minimum absolute atomic E-state index is 0.0910. The number of hydrogen-bond donors (Lipinski definition) is 0. The Labute approximate surface area is 144 Å². The smallest absolute Gasteiger partial charge is 0.306 e. The van der Waals surface area contributed by atoms with E-state index >= 15 is 0 Å². The van der Waals surface area contributed by atoms with Gasteiger partial charge in [0.05, 0.1) is 18.3 Å². The summed E-state index contributed by atoms with van der Waals surface area (Å²) in [7, 11) is -2.24. The Morgan fingerprint density at radius 3 is 2.57 bits per heavy atom. The molecule has 0 saturated carbocycles. The first-order valence-corrected chi connectivity index (χ1v) is 9.62. The Balaban J connectivity index is 2.33. The minimum atomic E-state index is -3.65. The molecule has 0 spiro atoms. The number of carbonyl (C=O) groups excluding carboxylic acids is 1. The van der Waals surface area contributed by atoms with Crippen LogP contribution in [0.1, 0.15) is 12.5 Å². The number of methoxy groups -OCH3 is 1. The SMILES string of the molecule is CCN1C(=O)/C(=C/c2ccc(OS(C)(=O)=O)c(OC)c2)SC1=S. The van der Waals surface area contributed by atoms with Crippen LogP contribution in [0.15, 0.2) is 23.1 Å². The molecule has 0 radical (unpaired) electrons. The number of ether oxygens (including phenoxy) is 1. The molecule has 0 unspecified atom stereocenters. The molecule has 0 aromatic heterocycles. The maximum Gasteiger partial charge on any atom is 0.306 e. The molecule has 1 amide bonds. The van der Waals surface area contributed by atoms with Gasteiger partial charge >= 0.3 is 10.1 Å². The molecule has 1 aliphatic rings. The Bertz CT molecular complexity index is 786. The fourth-order valence-corrected chi connectivity index (χ4v) is 3.78. The van der Waals surface area contributed by atoms with E-state index < -0.39 is 10.1 Å². The highest BCUT2D eigenvalue weighted by Gasteiger charge is 2.30. The van der Waals surface area contributed by atoms with Crippen molar-refractivity contribution >= 4 is 50.4 Å². The van der Waals surface area contributed by atoms with Crippen molar-refractivity contribution in [3.63, 3.8) is 0 Å². The van der Waals surface area contributed by atoms with Gasteiger partial charge in [-0.05, 0) is 30.7 Å². The summed E-state index contributed by atoms with van der Waals surface area (Å²) in [5.41, 5.74) is 0.680. The van der Waals surface area contributed by atoms with Crippen LogP contribution in [0.3, 0.4) is 0 Å². The maximum absolute atomic E-state index is 12.2. The van der Waals surface area contributed by atoms with Gasteiger partial charge in [-0.1, -0.05) is 30.0 Å². The van der Waals surface area contributed by atoms with Gasteiger partial charge in [-0.3, -0.25) is 9.69 Å². The zero-order valence-corrected chi connectivity index (χ0v) is 15.2. The van der Waals surface area contributed by atoms with E-state index in [-0.39, 0.29) is 17.4 Å². The molecule has 1 aromatic rings. The quantitative estimate of drug-likeness (QED) is 0.445. The Kier molecular flexibility index (Phi) is 5.33. The van der Waals surface area contributed by atoms with Gasteiger partial charge in [-0.25, -0.2) is 0 Å². The number of thioether (sulfide) groups is 1. The fraction of sp³-hybridized carbons (Fsp3) is 0.286. The zero-order valence-electron chi connectivity index (χ0n) is 12.7. The van der Waals surface area contributed by atoms with E-state index in [0.29, 0.717) is 21.3 Å². The Hall–Kier alpha value is -1.58. The third kappa shape index (κ3) is 4.24. The highest BCUT2D eigenvalue weighted by atomic mass is 32.2. The maximum atomic E-state index is 12.2. The highest BCUT2D eigenvalue weighted by Crippen LogP contribution is 2.34. The average molecular weight is 373 g/mol. The van der Waals surface area contributed by atoms with Crippen molar-refractivity contribution in [2.45, 2.75) is 6.92 Å². The number of amides is 1. The number of nitrogens with zero attached hydrogens (tertiary/aromatic N) is 1. The number of hydrogen-bond acceptors (Lipinski definition) is 7. The summed E-state index contributed by atoms with van der Waals surface area (Å²) in [6.07, 6.45) is 2.64. The van der Waals surface area contributed by atoms with Crippen molar-refractivity contribution < 1.29 is 22.1 Å². The van der Waals surface area contributed by atoms with Crippen molar-refractivity contribution in [1.29, 1.82) is 0 Å². The number of likely N-dealkylation sites (N-methyl/N-ethyl adjacent to an activating group) is 1. The normalized spacial score (nSPS) is 17.0. The second-order valence-electron chi connectivity index (χ2n) is 4.62. The van der Waals surface area contributed by atoms with Crippen molar-refractivity contribution in [2.24, 2.45) is 0 Å². The van der Waals surface area contributed by atoms with Gasteiger partial charge in [0.2, 0.25) is 0 Å².